The molecule has 4 rings (SSSR count). The number of H-pyrrole nitrogens is 1. The lowest BCUT2D eigenvalue weighted by atomic mass is 9.65. The molecule has 4 nitrogen and oxygen atoms in total. The van der Waals surface area contributed by atoms with Gasteiger partial charge in [-0.3, -0.25) is 9.69 Å². The summed E-state index contributed by atoms with van der Waals surface area (Å²) in [5.41, 5.74) is 4.22. The van der Waals surface area contributed by atoms with E-state index in [4.69, 9.17) is 4.74 Å². The molecule has 140 valence electrons. The average molecular weight is 419 g/mol. The van der Waals surface area contributed by atoms with Gasteiger partial charge in [0.15, 0.2) is 0 Å². The van der Waals surface area contributed by atoms with Crippen LogP contribution in [0.15, 0.2) is 22.7 Å². The zero-order valence-electron chi connectivity index (χ0n) is 15.6. The molecule has 1 aromatic heterocycles. The summed E-state index contributed by atoms with van der Waals surface area (Å²) in [4.78, 5) is 18.3. The Hall–Kier alpha value is -1.33. The van der Waals surface area contributed by atoms with Gasteiger partial charge in [-0.1, -0.05) is 28.9 Å². The van der Waals surface area contributed by atoms with E-state index in [1.165, 1.54) is 42.1 Å². The molecule has 1 aromatic carbocycles. The number of ether oxygens (including phenoxy) is 1. The fourth-order valence-electron chi connectivity index (χ4n) is 5.29. The number of carbonyl (C=O) groups excluding carboxylic acids is 1. The van der Waals surface area contributed by atoms with Gasteiger partial charge in [-0.05, 0) is 61.8 Å². The van der Waals surface area contributed by atoms with Crippen LogP contribution in [-0.4, -0.2) is 36.1 Å². The standard InChI is InChI=1S/C21H27BrN2O2/c1-3-21(10-7-18(25)26-2)9-4-11-24-12-8-16-15-6-5-14(22)13-17(15)23-19(16)20(21)24/h5-6,13,20,23H,3-4,7-12H2,1-2H3/t20-,21+/m1/s1. The summed E-state index contributed by atoms with van der Waals surface area (Å²) in [6.07, 6.45) is 5.99. The Kier molecular flexibility index (Phi) is 4.86. The molecule has 26 heavy (non-hydrogen) atoms. The van der Waals surface area contributed by atoms with E-state index in [-0.39, 0.29) is 11.4 Å². The highest BCUT2D eigenvalue weighted by Gasteiger charge is 2.47. The van der Waals surface area contributed by atoms with Crippen molar-refractivity contribution >= 4 is 32.8 Å². The summed E-state index contributed by atoms with van der Waals surface area (Å²) in [7, 11) is 1.49. The minimum atomic E-state index is -0.0911. The van der Waals surface area contributed by atoms with Crippen molar-refractivity contribution in [2.24, 2.45) is 5.41 Å². The summed E-state index contributed by atoms with van der Waals surface area (Å²) >= 11 is 3.60. The minimum absolute atomic E-state index is 0.0911. The molecule has 2 aromatic rings. The molecule has 0 saturated carbocycles. The van der Waals surface area contributed by atoms with Gasteiger partial charge < -0.3 is 9.72 Å². The van der Waals surface area contributed by atoms with Crippen molar-refractivity contribution in [1.29, 1.82) is 0 Å². The van der Waals surface area contributed by atoms with Gasteiger partial charge in [-0.2, -0.15) is 0 Å². The van der Waals surface area contributed by atoms with Crippen molar-refractivity contribution in [3.05, 3.63) is 33.9 Å². The zero-order valence-corrected chi connectivity index (χ0v) is 17.2. The fraction of sp³-hybridized carbons (Fsp3) is 0.571. The van der Waals surface area contributed by atoms with Gasteiger partial charge in [-0.25, -0.2) is 0 Å². The molecule has 2 atom stereocenters. The first-order valence-corrected chi connectivity index (χ1v) is 10.5. The summed E-state index contributed by atoms with van der Waals surface area (Å²) in [5, 5.41) is 1.35. The highest BCUT2D eigenvalue weighted by Crippen LogP contribution is 2.53. The molecule has 0 aliphatic carbocycles. The van der Waals surface area contributed by atoms with Crippen molar-refractivity contribution in [2.45, 2.75) is 51.5 Å². The van der Waals surface area contributed by atoms with E-state index < -0.39 is 0 Å². The second-order valence-electron chi connectivity index (χ2n) is 7.79. The van der Waals surface area contributed by atoms with Gasteiger partial charge in [0.2, 0.25) is 0 Å². The lowest BCUT2D eigenvalue weighted by Crippen LogP contribution is -2.49. The number of hydrogen-bond donors (Lipinski definition) is 1. The van der Waals surface area contributed by atoms with Gasteiger partial charge in [0.1, 0.15) is 0 Å². The Morgan fingerprint density at radius 3 is 3.04 bits per heavy atom. The van der Waals surface area contributed by atoms with Crippen molar-refractivity contribution < 1.29 is 9.53 Å². The second kappa shape index (κ2) is 7.01. The third-order valence-corrected chi connectivity index (χ3v) is 7.14. The van der Waals surface area contributed by atoms with Crippen molar-refractivity contribution in [2.75, 3.05) is 20.2 Å². The van der Waals surface area contributed by atoms with Crippen LogP contribution < -0.4 is 0 Å². The molecule has 0 spiro atoms. The van der Waals surface area contributed by atoms with Crippen LogP contribution in [0.25, 0.3) is 10.9 Å². The fourth-order valence-corrected chi connectivity index (χ4v) is 5.65. The van der Waals surface area contributed by atoms with Crippen LogP contribution in [-0.2, 0) is 16.0 Å². The van der Waals surface area contributed by atoms with E-state index in [1.54, 1.807) is 0 Å². The SMILES string of the molecule is CC[C@@]1(CCC(=O)OC)CCCN2CCc3c([nH]c4cc(Br)ccc34)[C@@H]21. The van der Waals surface area contributed by atoms with Crippen LogP contribution in [0.1, 0.15) is 56.3 Å². The van der Waals surface area contributed by atoms with Crippen molar-refractivity contribution in [1.82, 2.24) is 9.88 Å². The highest BCUT2D eigenvalue weighted by molar-refractivity contribution is 9.10. The number of carbonyl (C=O) groups is 1. The molecular weight excluding hydrogens is 392 g/mol. The lowest BCUT2D eigenvalue weighted by Gasteiger charge is -2.52. The Balaban J connectivity index is 1.78. The predicted octanol–water partition coefficient (Wildman–Crippen LogP) is 4.97. The smallest absolute Gasteiger partial charge is 0.305 e. The molecule has 2 aliphatic rings. The van der Waals surface area contributed by atoms with Gasteiger partial charge in [-0.15, -0.1) is 0 Å². The number of aromatic amines is 1. The highest BCUT2D eigenvalue weighted by atomic mass is 79.9. The first-order chi connectivity index (χ1) is 12.6. The maximum Gasteiger partial charge on any atom is 0.305 e. The molecular formula is C21H27BrN2O2. The van der Waals surface area contributed by atoms with Crippen LogP contribution >= 0.6 is 15.9 Å². The van der Waals surface area contributed by atoms with Gasteiger partial charge in [0.05, 0.1) is 13.2 Å². The second-order valence-corrected chi connectivity index (χ2v) is 8.71. The Morgan fingerprint density at radius 1 is 1.42 bits per heavy atom. The van der Waals surface area contributed by atoms with Crippen LogP contribution in [0, 0.1) is 5.41 Å². The first-order valence-electron chi connectivity index (χ1n) is 9.69. The number of aromatic nitrogens is 1. The first kappa shape index (κ1) is 18.1. The summed E-state index contributed by atoms with van der Waals surface area (Å²) in [6, 6.07) is 6.92. The molecule has 3 heterocycles. The number of rotatable bonds is 4. The van der Waals surface area contributed by atoms with Crippen LogP contribution in [0.2, 0.25) is 0 Å². The van der Waals surface area contributed by atoms with Crippen molar-refractivity contribution in [3.63, 3.8) is 0 Å². The Bertz CT molecular complexity index is 831. The average Bonchev–Trinajstić information content (AvgIpc) is 3.03. The van der Waals surface area contributed by atoms with E-state index >= 15 is 0 Å². The normalized spacial score (nSPS) is 25.7. The Labute approximate surface area is 163 Å². The molecule has 5 heteroatoms. The quantitative estimate of drug-likeness (QED) is 0.712. The number of nitrogens with zero attached hydrogens (tertiary/aromatic N) is 1. The van der Waals surface area contributed by atoms with E-state index in [2.05, 4.69) is 50.9 Å². The monoisotopic (exact) mass is 418 g/mol. The van der Waals surface area contributed by atoms with Crippen LogP contribution in [0.3, 0.4) is 0 Å². The molecule has 1 N–H and O–H groups in total. The topological polar surface area (TPSA) is 45.3 Å². The van der Waals surface area contributed by atoms with Gasteiger partial charge >= 0.3 is 5.97 Å². The summed E-state index contributed by atoms with van der Waals surface area (Å²) in [5.74, 6) is -0.0911. The van der Waals surface area contributed by atoms with E-state index in [9.17, 15) is 4.79 Å². The number of benzene rings is 1. The molecule has 1 saturated heterocycles. The number of halogens is 1. The lowest BCUT2D eigenvalue weighted by molar-refractivity contribution is -0.142. The van der Waals surface area contributed by atoms with E-state index in [1.807, 2.05) is 0 Å². The number of esters is 1. The number of hydrogen-bond acceptors (Lipinski definition) is 3. The molecule has 1 fully saturated rings. The minimum Gasteiger partial charge on any atom is -0.469 e. The maximum absolute atomic E-state index is 11.8. The number of methoxy groups -OCH3 is 1. The number of fused-ring (bicyclic) bond motifs is 5. The molecule has 0 bridgehead atoms. The van der Waals surface area contributed by atoms with Gasteiger partial charge in [0.25, 0.3) is 0 Å². The molecule has 0 unspecified atom stereocenters. The van der Waals surface area contributed by atoms with Crippen LogP contribution in [0.4, 0.5) is 0 Å². The molecule has 0 amide bonds. The van der Waals surface area contributed by atoms with E-state index in [0.29, 0.717) is 12.5 Å². The number of piperidine rings is 1. The third kappa shape index (κ3) is 2.89. The maximum atomic E-state index is 11.8. The van der Waals surface area contributed by atoms with Gasteiger partial charge in [0, 0.05) is 34.0 Å². The Morgan fingerprint density at radius 2 is 2.27 bits per heavy atom. The van der Waals surface area contributed by atoms with Crippen LogP contribution in [0.5, 0.6) is 0 Å². The summed E-state index contributed by atoms with van der Waals surface area (Å²) < 4.78 is 6.04. The third-order valence-electron chi connectivity index (χ3n) is 6.65. The zero-order chi connectivity index (χ0) is 18.3. The summed E-state index contributed by atoms with van der Waals surface area (Å²) in [6.45, 7) is 4.55. The van der Waals surface area contributed by atoms with E-state index in [0.717, 1.165) is 36.8 Å². The molecule has 0 radical (unpaired) electrons. The van der Waals surface area contributed by atoms with Crippen molar-refractivity contribution in [3.8, 4) is 0 Å². The molecule has 2 aliphatic heterocycles. The largest absolute Gasteiger partial charge is 0.469 e. The number of nitrogens with one attached hydrogen (secondary N) is 1. The predicted molar refractivity (Wildman–Crippen MR) is 107 cm³/mol.